The summed E-state index contributed by atoms with van der Waals surface area (Å²) < 4.78 is 49.0. The topological polar surface area (TPSA) is 102 Å². The Bertz CT molecular complexity index is 1620. The molecule has 0 bridgehead atoms. The number of rotatable bonds is 6. The third-order valence-corrected chi connectivity index (χ3v) is 9.69. The molecule has 10 nitrogen and oxygen atoms in total. The van der Waals surface area contributed by atoms with Crippen LogP contribution < -0.4 is 19.7 Å². The quantitative estimate of drug-likeness (QED) is 0.386. The van der Waals surface area contributed by atoms with Gasteiger partial charge in [0.25, 0.3) is 0 Å². The van der Waals surface area contributed by atoms with E-state index in [0.717, 1.165) is 24.9 Å². The molecule has 3 saturated heterocycles. The van der Waals surface area contributed by atoms with Gasteiger partial charge in [-0.3, -0.25) is 9.69 Å². The molecule has 2 aromatic heterocycles. The molecule has 0 unspecified atom stereocenters. The smallest absolute Gasteiger partial charge is 0.319 e. The molecule has 13 heteroatoms. The summed E-state index contributed by atoms with van der Waals surface area (Å²) in [6, 6.07) is 5.02. The van der Waals surface area contributed by atoms with Crippen LogP contribution in [0, 0.1) is 11.2 Å². The fraction of sp³-hybridized carbons (Fsp3) is 0.548. The van der Waals surface area contributed by atoms with Gasteiger partial charge < -0.3 is 24.4 Å². The van der Waals surface area contributed by atoms with Crippen LogP contribution in [0.25, 0.3) is 10.9 Å². The maximum atomic E-state index is 15.8. The third-order valence-electron chi connectivity index (χ3n) is 9.12. The van der Waals surface area contributed by atoms with E-state index in [0.29, 0.717) is 49.0 Å². The summed E-state index contributed by atoms with van der Waals surface area (Å²) in [4.78, 5) is 31.0. The van der Waals surface area contributed by atoms with Crippen LogP contribution in [0.2, 0.25) is 0 Å². The molecule has 4 aliphatic heterocycles. The van der Waals surface area contributed by atoms with E-state index in [9.17, 15) is 9.18 Å². The van der Waals surface area contributed by atoms with Crippen molar-refractivity contribution in [3.8, 4) is 11.8 Å². The number of anilines is 2. The van der Waals surface area contributed by atoms with Crippen molar-refractivity contribution >= 4 is 44.4 Å². The molecule has 0 aliphatic carbocycles. The molecule has 1 amide bonds. The lowest BCUT2D eigenvalue weighted by molar-refractivity contribution is -0.123. The molecule has 0 saturated carbocycles. The summed E-state index contributed by atoms with van der Waals surface area (Å²) >= 11 is 3.33. The van der Waals surface area contributed by atoms with Crippen molar-refractivity contribution in [3.05, 3.63) is 40.2 Å². The lowest BCUT2D eigenvalue weighted by atomic mass is 9.95. The highest BCUT2D eigenvalue weighted by atomic mass is 79.9. The van der Waals surface area contributed by atoms with Gasteiger partial charge in [-0.1, -0.05) is 26.8 Å². The minimum Gasteiger partial charge on any atom is -0.485 e. The summed E-state index contributed by atoms with van der Waals surface area (Å²) in [5.41, 5.74) is -0.245. The number of fused-ring (bicyclic) bond motifs is 2. The Labute approximate surface area is 262 Å². The van der Waals surface area contributed by atoms with E-state index >= 15 is 4.39 Å². The van der Waals surface area contributed by atoms with Crippen molar-refractivity contribution in [2.75, 3.05) is 43.1 Å². The lowest BCUT2D eigenvalue weighted by Crippen LogP contribution is -2.45. The van der Waals surface area contributed by atoms with Gasteiger partial charge in [0, 0.05) is 36.7 Å². The summed E-state index contributed by atoms with van der Waals surface area (Å²) in [7, 11) is 0. The SMILES string of the molecule is CC(C)(C)C(=O)Nc1ncccc1CN1c2nc(OC[C@@]34CCCN3C[C@H](F)C4)nc3c(F)c(Br)cc(c23)O[C@H]2COC[C@H]21. The van der Waals surface area contributed by atoms with Gasteiger partial charge in [-0.15, -0.1) is 0 Å². The van der Waals surface area contributed by atoms with Gasteiger partial charge >= 0.3 is 6.01 Å². The van der Waals surface area contributed by atoms with E-state index in [1.54, 1.807) is 18.3 Å². The number of hydrogen-bond acceptors (Lipinski definition) is 9. The Morgan fingerprint density at radius 1 is 1.30 bits per heavy atom. The Morgan fingerprint density at radius 3 is 2.95 bits per heavy atom. The molecule has 3 aromatic rings. The number of nitrogens with one attached hydrogen (secondary N) is 1. The van der Waals surface area contributed by atoms with E-state index in [2.05, 4.69) is 36.1 Å². The summed E-state index contributed by atoms with van der Waals surface area (Å²) in [6.45, 7) is 7.90. The maximum absolute atomic E-state index is 15.8. The van der Waals surface area contributed by atoms with Gasteiger partial charge in [0.15, 0.2) is 5.82 Å². The highest BCUT2D eigenvalue weighted by Crippen LogP contribution is 2.45. The first-order chi connectivity index (χ1) is 21.0. The molecular weight excluding hydrogens is 638 g/mol. The highest BCUT2D eigenvalue weighted by Gasteiger charge is 2.49. The standard InChI is InChI=1S/C31H35BrF2N6O4/c1-30(2,3)28(41)37-26-17(6-4-8-35-26)12-40-20-14-42-15-22(20)44-21-10-19(32)24(34)25-23(21)27(40)38-29(36-25)43-16-31-7-5-9-39(31)13-18(33)11-31/h4,6,8,10,18,20,22H,5,7,9,11-16H2,1-3H3,(H,35,37,41)/t18-,20-,22+,31+/m1/s1. The number of ether oxygens (including phenoxy) is 3. The first-order valence-electron chi connectivity index (χ1n) is 15.0. The molecular formula is C31H35BrF2N6O4. The van der Waals surface area contributed by atoms with Crippen LogP contribution in [0.3, 0.4) is 0 Å². The van der Waals surface area contributed by atoms with Gasteiger partial charge in [0.1, 0.15) is 41.8 Å². The largest absolute Gasteiger partial charge is 0.485 e. The van der Waals surface area contributed by atoms with Crippen molar-refractivity contribution in [1.82, 2.24) is 19.9 Å². The number of aromatic nitrogens is 3. The molecule has 1 N–H and O–H groups in total. The van der Waals surface area contributed by atoms with E-state index in [1.807, 2.05) is 31.7 Å². The summed E-state index contributed by atoms with van der Waals surface area (Å²) in [5.74, 6) is 0.561. The fourth-order valence-electron chi connectivity index (χ4n) is 6.79. The zero-order valence-electron chi connectivity index (χ0n) is 24.9. The van der Waals surface area contributed by atoms with Crippen molar-refractivity contribution < 1.29 is 27.8 Å². The van der Waals surface area contributed by atoms with Gasteiger partial charge in [0.05, 0.1) is 34.7 Å². The minimum absolute atomic E-state index is 0.00814. The fourth-order valence-corrected chi connectivity index (χ4v) is 7.18. The van der Waals surface area contributed by atoms with Crippen LogP contribution in [-0.4, -0.2) is 82.5 Å². The molecule has 1 aromatic carbocycles. The zero-order valence-corrected chi connectivity index (χ0v) is 26.5. The number of carbonyl (C=O) groups is 1. The van der Waals surface area contributed by atoms with Crippen LogP contribution >= 0.6 is 15.9 Å². The Balaban J connectivity index is 1.31. The maximum Gasteiger partial charge on any atom is 0.319 e. The number of alkyl halides is 1. The number of pyridine rings is 1. The van der Waals surface area contributed by atoms with Crippen molar-refractivity contribution in [1.29, 1.82) is 0 Å². The lowest BCUT2D eigenvalue weighted by Gasteiger charge is -2.32. The third kappa shape index (κ3) is 5.16. The van der Waals surface area contributed by atoms with Crippen LogP contribution in [-0.2, 0) is 16.1 Å². The van der Waals surface area contributed by atoms with Crippen molar-refractivity contribution in [2.45, 2.75) is 70.4 Å². The predicted molar refractivity (Wildman–Crippen MR) is 163 cm³/mol. The van der Waals surface area contributed by atoms with Gasteiger partial charge in [-0.05, 0) is 47.4 Å². The number of nitrogens with zero attached hydrogens (tertiary/aromatic N) is 5. The average Bonchev–Trinajstić information content (AvgIpc) is 3.65. The van der Waals surface area contributed by atoms with Crippen LogP contribution in [0.5, 0.6) is 11.8 Å². The molecule has 0 spiro atoms. The van der Waals surface area contributed by atoms with Gasteiger partial charge in [0.2, 0.25) is 5.91 Å². The molecule has 234 valence electrons. The van der Waals surface area contributed by atoms with E-state index in [4.69, 9.17) is 19.2 Å². The van der Waals surface area contributed by atoms with E-state index in [-0.39, 0.29) is 47.2 Å². The number of halogens is 3. The monoisotopic (exact) mass is 672 g/mol. The van der Waals surface area contributed by atoms with Crippen LogP contribution in [0.4, 0.5) is 20.4 Å². The number of carbonyl (C=O) groups excluding carboxylic acids is 1. The van der Waals surface area contributed by atoms with E-state index < -0.39 is 22.9 Å². The number of benzene rings is 1. The first kappa shape index (κ1) is 29.5. The number of amides is 1. The molecule has 4 aliphatic rings. The molecule has 6 heterocycles. The Kier molecular flexibility index (Phi) is 7.40. The number of hydrogen-bond donors (Lipinski definition) is 1. The molecule has 0 radical (unpaired) electrons. The average molecular weight is 674 g/mol. The van der Waals surface area contributed by atoms with E-state index in [1.165, 1.54) is 0 Å². The zero-order chi connectivity index (χ0) is 30.8. The summed E-state index contributed by atoms with van der Waals surface area (Å²) in [5, 5.41) is 3.38. The highest BCUT2D eigenvalue weighted by molar-refractivity contribution is 9.10. The summed E-state index contributed by atoms with van der Waals surface area (Å²) in [6.07, 6.45) is 2.53. The second kappa shape index (κ2) is 11.0. The van der Waals surface area contributed by atoms with Crippen LogP contribution in [0.15, 0.2) is 28.9 Å². The second-order valence-corrected chi connectivity index (χ2v) is 14.0. The minimum atomic E-state index is -0.906. The van der Waals surface area contributed by atoms with Crippen LogP contribution in [0.1, 0.15) is 45.6 Å². The Hall–Kier alpha value is -3.16. The Morgan fingerprint density at radius 2 is 2.14 bits per heavy atom. The molecule has 7 rings (SSSR count). The molecule has 44 heavy (non-hydrogen) atoms. The normalized spacial score (nSPS) is 26.3. The van der Waals surface area contributed by atoms with Crippen molar-refractivity contribution in [2.24, 2.45) is 5.41 Å². The van der Waals surface area contributed by atoms with Gasteiger partial charge in [-0.25, -0.2) is 13.8 Å². The first-order valence-corrected chi connectivity index (χ1v) is 15.8. The molecule has 4 atom stereocenters. The van der Waals surface area contributed by atoms with Crippen molar-refractivity contribution in [3.63, 3.8) is 0 Å². The second-order valence-electron chi connectivity index (χ2n) is 13.2. The molecule has 3 fully saturated rings. The van der Waals surface area contributed by atoms with Gasteiger partial charge in [-0.2, -0.15) is 9.97 Å². The predicted octanol–water partition coefficient (Wildman–Crippen LogP) is 5.03.